The number of benzene rings is 1. The number of aromatic hydroxyl groups is 1. The van der Waals surface area contributed by atoms with E-state index < -0.39 is 0 Å². The molecule has 0 aliphatic heterocycles. The van der Waals surface area contributed by atoms with Crippen molar-refractivity contribution in [2.24, 2.45) is 11.3 Å². The third-order valence-electron chi connectivity index (χ3n) is 6.42. The Labute approximate surface area is 168 Å². The summed E-state index contributed by atoms with van der Waals surface area (Å²) in [5.74, 6) is 1.63. The van der Waals surface area contributed by atoms with Crippen LogP contribution in [0.1, 0.15) is 37.8 Å². The highest BCUT2D eigenvalue weighted by molar-refractivity contribution is 7.19. The molecule has 4 nitrogen and oxygen atoms in total. The van der Waals surface area contributed by atoms with Crippen LogP contribution in [0.15, 0.2) is 47.7 Å². The van der Waals surface area contributed by atoms with Crippen molar-refractivity contribution in [1.82, 2.24) is 9.97 Å². The molecule has 1 atom stereocenters. The van der Waals surface area contributed by atoms with Gasteiger partial charge >= 0.3 is 0 Å². The summed E-state index contributed by atoms with van der Waals surface area (Å²) in [5.41, 5.74) is 7.79. The number of phenolic OH excluding ortho intramolecular Hbond substituents is 1. The molecule has 1 unspecified atom stereocenters. The van der Waals surface area contributed by atoms with Gasteiger partial charge in [0.1, 0.15) is 16.6 Å². The number of pyridine rings is 1. The zero-order valence-electron chi connectivity index (χ0n) is 16.5. The van der Waals surface area contributed by atoms with Gasteiger partial charge in [-0.2, -0.15) is 0 Å². The van der Waals surface area contributed by atoms with Gasteiger partial charge in [-0.1, -0.05) is 19.4 Å². The summed E-state index contributed by atoms with van der Waals surface area (Å²) in [6.07, 6.45) is 3.10. The predicted octanol–water partition coefficient (Wildman–Crippen LogP) is 5.73. The maximum absolute atomic E-state index is 9.84. The van der Waals surface area contributed by atoms with E-state index in [1.165, 1.54) is 27.9 Å². The lowest BCUT2D eigenvalue weighted by molar-refractivity contribution is 0.220. The Bertz CT molecular complexity index is 1170. The van der Waals surface area contributed by atoms with E-state index in [0.29, 0.717) is 5.92 Å². The largest absolute Gasteiger partial charge is 0.508 e. The molecular formula is C23H23N3OS. The topological polar surface area (TPSA) is 58.0 Å². The molecule has 0 amide bonds. The number of thiazole rings is 1. The van der Waals surface area contributed by atoms with Crippen molar-refractivity contribution in [2.45, 2.75) is 27.2 Å². The number of allylic oxidation sites excluding steroid dienone is 4. The second-order valence-electron chi connectivity index (χ2n) is 8.22. The van der Waals surface area contributed by atoms with Gasteiger partial charge in [0.25, 0.3) is 0 Å². The molecule has 3 aliphatic rings. The molecule has 28 heavy (non-hydrogen) atoms. The van der Waals surface area contributed by atoms with Crippen LogP contribution in [-0.4, -0.2) is 22.1 Å². The van der Waals surface area contributed by atoms with Gasteiger partial charge in [-0.15, -0.1) is 11.3 Å². The standard InChI is InChI=1S/C23H23N3OS/c1-12-15-10-16(23(15,2)3)21(13-5-8-19(24-4)25-11-13)20(12)22-26-17-7-6-14(27)9-18(17)28-22/h5-9,11,16,27H,10H2,1-4H3,(H,24,25). The lowest BCUT2D eigenvalue weighted by Crippen LogP contribution is -2.42. The number of anilines is 1. The molecule has 142 valence electrons. The van der Waals surface area contributed by atoms with Gasteiger partial charge in [-0.25, -0.2) is 9.97 Å². The molecule has 2 bridgehead atoms. The third-order valence-corrected chi connectivity index (χ3v) is 7.45. The van der Waals surface area contributed by atoms with E-state index >= 15 is 0 Å². The van der Waals surface area contributed by atoms with E-state index in [-0.39, 0.29) is 11.2 Å². The first kappa shape index (κ1) is 17.4. The first-order valence-electron chi connectivity index (χ1n) is 9.59. The lowest BCUT2D eigenvalue weighted by Gasteiger charge is -2.54. The highest BCUT2D eigenvalue weighted by atomic mass is 32.1. The molecule has 1 aromatic carbocycles. The summed E-state index contributed by atoms with van der Waals surface area (Å²) >= 11 is 1.65. The summed E-state index contributed by atoms with van der Waals surface area (Å²) in [6.45, 7) is 6.94. The molecule has 2 heterocycles. The molecule has 0 radical (unpaired) electrons. The SMILES string of the molecule is CNc1ccc(C2=C(c3nc4ccc(O)cc4s3)C(C)=C3CC2C3(C)C)cn1. The van der Waals surface area contributed by atoms with E-state index in [0.717, 1.165) is 27.5 Å². The molecule has 3 aliphatic carbocycles. The lowest BCUT2D eigenvalue weighted by atomic mass is 9.50. The quantitative estimate of drug-likeness (QED) is 0.601. The summed E-state index contributed by atoms with van der Waals surface area (Å²) in [7, 11) is 1.89. The molecule has 0 spiro atoms. The average molecular weight is 390 g/mol. The number of nitrogens with zero attached hydrogens (tertiary/aromatic N) is 2. The number of phenols is 1. The van der Waals surface area contributed by atoms with Gasteiger partial charge in [-0.3, -0.25) is 0 Å². The summed E-state index contributed by atoms with van der Waals surface area (Å²) in [4.78, 5) is 9.49. The Kier molecular flexibility index (Phi) is 3.68. The number of hydrogen-bond acceptors (Lipinski definition) is 5. The smallest absolute Gasteiger partial charge is 0.125 e. The molecule has 0 saturated heterocycles. The number of fused-ring (bicyclic) bond motifs is 2. The highest BCUT2D eigenvalue weighted by Crippen LogP contribution is 2.64. The predicted molar refractivity (Wildman–Crippen MR) is 116 cm³/mol. The van der Waals surface area contributed by atoms with Crippen LogP contribution in [0.4, 0.5) is 5.82 Å². The second kappa shape index (κ2) is 5.92. The molecule has 6 rings (SSSR count). The van der Waals surface area contributed by atoms with Crippen molar-refractivity contribution < 1.29 is 5.11 Å². The van der Waals surface area contributed by atoms with Crippen molar-refractivity contribution in [3.8, 4) is 5.75 Å². The summed E-state index contributed by atoms with van der Waals surface area (Å²) in [6, 6.07) is 9.60. The molecule has 2 N–H and O–H groups in total. The van der Waals surface area contributed by atoms with Crippen LogP contribution in [0, 0.1) is 11.3 Å². The van der Waals surface area contributed by atoms with Gasteiger partial charge < -0.3 is 10.4 Å². The van der Waals surface area contributed by atoms with E-state index in [2.05, 4.69) is 37.1 Å². The van der Waals surface area contributed by atoms with Crippen LogP contribution in [0.5, 0.6) is 5.75 Å². The third kappa shape index (κ3) is 2.35. The van der Waals surface area contributed by atoms with Crippen LogP contribution in [0.3, 0.4) is 0 Å². The normalized spacial score (nSPS) is 20.5. The Morgan fingerprint density at radius 3 is 2.71 bits per heavy atom. The number of hydrogen-bond donors (Lipinski definition) is 2. The van der Waals surface area contributed by atoms with Crippen LogP contribution < -0.4 is 5.32 Å². The maximum atomic E-state index is 9.84. The Hall–Kier alpha value is -2.66. The van der Waals surface area contributed by atoms with Gasteiger partial charge in [0.05, 0.1) is 10.2 Å². The van der Waals surface area contributed by atoms with Crippen molar-refractivity contribution in [2.75, 3.05) is 12.4 Å². The summed E-state index contributed by atoms with van der Waals surface area (Å²) in [5, 5.41) is 14.0. The van der Waals surface area contributed by atoms with Crippen LogP contribution in [0.25, 0.3) is 21.4 Å². The van der Waals surface area contributed by atoms with Crippen molar-refractivity contribution >= 4 is 38.5 Å². The fourth-order valence-electron chi connectivity index (χ4n) is 4.77. The summed E-state index contributed by atoms with van der Waals surface area (Å²) < 4.78 is 1.02. The van der Waals surface area contributed by atoms with Gasteiger partial charge in [0.15, 0.2) is 0 Å². The zero-order chi connectivity index (χ0) is 19.6. The second-order valence-corrected chi connectivity index (χ2v) is 9.25. The highest BCUT2D eigenvalue weighted by Gasteiger charge is 2.51. The zero-order valence-corrected chi connectivity index (χ0v) is 17.3. The van der Waals surface area contributed by atoms with Crippen molar-refractivity contribution in [1.29, 1.82) is 0 Å². The monoisotopic (exact) mass is 389 g/mol. The molecule has 5 heteroatoms. The molecule has 2 aromatic heterocycles. The van der Waals surface area contributed by atoms with Crippen LogP contribution in [-0.2, 0) is 0 Å². The van der Waals surface area contributed by atoms with E-state index in [9.17, 15) is 5.11 Å². The number of rotatable bonds is 3. The van der Waals surface area contributed by atoms with Crippen LogP contribution >= 0.6 is 11.3 Å². The van der Waals surface area contributed by atoms with Gasteiger partial charge in [0, 0.05) is 18.8 Å². The first-order chi connectivity index (χ1) is 13.4. The Morgan fingerprint density at radius 2 is 2.04 bits per heavy atom. The van der Waals surface area contributed by atoms with E-state index in [4.69, 9.17) is 4.98 Å². The molecule has 3 aromatic rings. The molecule has 1 fully saturated rings. The number of nitrogens with one attached hydrogen (secondary N) is 1. The number of aromatic nitrogens is 2. The van der Waals surface area contributed by atoms with E-state index in [1.807, 2.05) is 25.4 Å². The fraction of sp³-hybridized carbons (Fsp3) is 0.304. The van der Waals surface area contributed by atoms with Gasteiger partial charge in [-0.05, 0) is 71.7 Å². The van der Waals surface area contributed by atoms with Crippen LogP contribution in [0.2, 0.25) is 0 Å². The van der Waals surface area contributed by atoms with Crippen molar-refractivity contribution in [3.63, 3.8) is 0 Å². The Morgan fingerprint density at radius 1 is 1.21 bits per heavy atom. The molecule has 1 saturated carbocycles. The minimum absolute atomic E-state index is 0.180. The minimum atomic E-state index is 0.180. The van der Waals surface area contributed by atoms with Gasteiger partial charge in [0.2, 0.25) is 0 Å². The van der Waals surface area contributed by atoms with E-state index in [1.54, 1.807) is 23.5 Å². The average Bonchev–Trinajstić information content (AvgIpc) is 3.09. The molecular weight excluding hydrogens is 366 g/mol. The van der Waals surface area contributed by atoms with Crippen molar-refractivity contribution in [3.05, 3.63) is 58.2 Å². The minimum Gasteiger partial charge on any atom is -0.508 e. The first-order valence-corrected chi connectivity index (χ1v) is 10.4. The maximum Gasteiger partial charge on any atom is 0.125 e. The Balaban J connectivity index is 1.75. The fourth-order valence-corrected chi connectivity index (χ4v) is 5.89.